The van der Waals surface area contributed by atoms with Gasteiger partial charge in [0, 0.05) is 16.8 Å². The average Bonchev–Trinajstić information content (AvgIpc) is 2.83. The van der Waals surface area contributed by atoms with Crippen molar-refractivity contribution in [3.63, 3.8) is 0 Å². The van der Waals surface area contributed by atoms with Crippen LogP contribution in [0, 0.1) is 0 Å². The Balaban J connectivity index is 1.68. The van der Waals surface area contributed by atoms with E-state index in [1.165, 1.54) is 30.3 Å². The summed E-state index contributed by atoms with van der Waals surface area (Å²) in [5, 5.41) is 2.68. The number of fused-ring (bicyclic) bond motifs is 1. The fourth-order valence-corrected chi connectivity index (χ4v) is 5.73. The molecule has 0 aromatic heterocycles. The normalized spacial score (nSPS) is 17.5. The van der Waals surface area contributed by atoms with Crippen molar-refractivity contribution in [2.24, 2.45) is 0 Å². The summed E-state index contributed by atoms with van der Waals surface area (Å²) >= 11 is 0. The van der Waals surface area contributed by atoms with E-state index in [4.69, 9.17) is 0 Å². The minimum atomic E-state index is -4.30. The maximum atomic E-state index is 13.5. The van der Waals surface area contributed by atoms with E-state index in [0.29, 0.717) is 9.99 Å². The number of amides is 1. The van der Waals surface area contributed by atoms with Crippen LogP contribution in [0.1, 0.15) is 47.1 Å². The maximum absolute atomic E-state index is 13.5. The van der Waals surface area contributed by atoms with Gasteiger partial charge in [-0.15, -0.1) is 0 Å². The molecule has 7 nitrogen and oxygen atoms in total. The van der Waals surface area contributed by atoms with E-state index in [1.807, 2.05) is 12.1 Å². The van der Waals surface area contributed by atoms with Crippen LogP contribution in [0.15, 0.2) is 83.8 Å². The van der Waals surface area contributed by atoms with Gasteiger partial charge in [-0.1, -0.05) is 75.4 Å². The smallest absolute Gasteiger partial charge is 0.245 e. The molecule has 0 fully saturated rings. The summed E-state index contributed by atoms with van der Waals surface area (Å²) < 4.78 is 27.7. The van der Waals surface area contributed by atoms with Gasteiger partial charge >= 0.3 is 0 Å². The van der Waals surface area contributed by atoms with Crippen molar-refractivity contribution < 1.29 is 22.8 Å². The lowest BCUT2D eigenvalue weighted by Gasteiger charge is -2.33. The van der Waals surface area contributed by atoms with Crippen LogP contribution in [0.4, 0.5) is 5.69 Å². The van der Waals surface area contributed by atoms with Crippen molar-refractivity contribution >= 4 is 33.2 Å². The molecule has 8 heteroatoms. The highest BCUT2D eigenvalue weighted by Crippen LogP contribution is 2.31. The third kappa shape index (κ3) is 4.80. The zero-order valence-electron chi connectivity index (χ0n) is 19.7. The van der Waals surface area contributed by atoms with E-state index in [1.54, 1.807) is 36.4 Å². The Morgan fingerprint density at radius 3 is 2.11 bits per heavy atom. The van der Waals surface area contributed by atoms with Crippen LogP contribution in [-0.4, -0.2) is 42.8 Å². The monoisotopic (exact) mass is 490 g/mol. The molecule has 1 N–H and O–H groups in total. The maximum Gasteiger partial charge on any atom is 0.245 e. The molecule has 0 spiro atoms. The fourth-order valence-electron chi connectivity index (χ4n) is 4.02. The number of carbonyl (C=O) groups excluding carboxylic acids is 3. The quantitative estimate of drug-likeness (QED) is 0.429. The lowest BCUT2D eigenvalue weighted by molar-refractivity contribution is -0.116. The predicted molar refractivity (Wildman–Crippen MR) is 133 cm³/mol. The Morgan fingerprint density at radius 2 is 1.49 bits per heavy atom. The molecule has 0 saturated heterocycles. The summed E-state index contributed by atoms with van der Waals surface area (Å²) in [6.07, 6.45) is 0. The molecular formula is C27H26N2O5S. The van der Waals surface area contributed by atoms with Gasteiger partial charge in [-0.2, -0.15) is 4.31 Å². The first-order valence-electron chi connectivity index (χ1n) is 11.1. The molecule has 180 valence electrons. The summed E-state index contributed by atoms with van der Waals surface area (Å²) in [5.74, 6) is -2.00. The molecule has 1 atom stereocenters. The van der Waals surface area contributed by atoms with Crippen LogP contribution in [0.3, 0.4) is 0 Å². The zero-order chi connectivity index (χ0) is 25.4. The molecule has 1 aliphatic heterocycles. The van der Waals surface area contributed by atoms with Crippen LogP contribution in [-0.2, 0) is 20.2 Å². The summed E-state index contributed by atoms with van der Waals surface area (Å²) in [5.41, 5.74) is 1.61. The second-order valence-electron chi connectivity index (χ2n) is 9.42. The Kier molecular flexibility index (Phi) is 6.44. The minimum Gasteiger partial charge on any atom is -0.325 e. The largest absolute Gasteiger partial charge is 0.325 e. The number of ketones is 2. The fraction of sp³-hybridized carbons (Fsp3) is 0.222. The number of anilines is 1. The molecule has 3 aromatic carbocycles. The van der Waals surface area contributed by atoms with Gasteiger partial charge in [0.2, 0.25) is 15.9 Å². The van der Waals surface area contributed by atoms with E-state index in [9.17, 15) is 22.8 Å². The van der Waals surface area contributed by atoms with Gasteiger partial charge in [-0.25, -0.2) is 8.42 Å². The number of Topliss-reactive ketones (excluding diaryl/α,β-unsaturated/α-hetero) is 2. The van der Waals surface area contributed by atoms with Gasteiger partial charge in [-0.3, -0.25) is 14.4 Å². The third-order valence-corrected chi connectivity index (χ3v) is 7.79. The molecule has 4 rings (SSSR count). The summed E-state index contributed by atoms with van der Waals surface area (Å²) in [6, 6.07) is 19.3. The second-order valence-corrected chi connectivity index (χ2v) is 11.3. The zero-order valence-corrected chi connectivity index (χ0v) is 20.5. The first kappa shape index (κ1) is 24.5. The average molecular weight is 491 g/mol. The SMILES string of the molecule is CC(C)(C)c1ccc(NC(=O)CN2C(C(=O)c3ccccc3)C(=O)c3ccccc3S2(=O)=O)cc1. The van der Waals surface area contributed by atoms with Crippen molar-refractivity contribution in [3.05, 3.63) is 95.6 Å². The standard InChI is InChI=1S/C27H26N2O5S/c1-27(2,3)19-13-15-20(16-14-19)28-23(30)17-29-24(25(31)18-9-5-4-6-10-18)26(32)21-11-7-8-12-22(21)35(29,33)34/h4-16,24H,17H2,1-3H3,(H,28,30). The first-order chi connectivity index (χ1) is 16.5. The second kappa shape index (κ2) is 9.20. The first-order valence-corrected chi connectivity index (χ1v) is 12.6. The number of rotatable bonds is 5. The van der Waals surface area contributed by atoms with Crippen LogP contribution < -0.4 is 5.32 Å². The molecule has 3 aromatic rings. The van der Waals surface area contributed by atoms with Gasteiger partial charge in [0.15, 0.2) is 17.6 Å². The Morgan fingerprint density at radius 1 is 0.886 bits per heavy atom. The van der Waals surface area contributed by atoms with Crippen LogP contribution in [0.5, 0.6) is 0 Å². The molecule has 0 aliphatic carbocycles. The molecule has 1 unspecified atom stereocenters. The highest BCUT2D eigenvalue weighted by molar-refractivity contribution is 7.89. The Bertz CT molecular complexity index is 1390. The third-order valence-electron chi connectivity index (χ3n) is 5.92. The van der Waals surface area contributed by atoms with Crippen LogP contribution in [0.25, 0.3) is 0 Å². The molecule has 0 saturated carbocycles. The number of nitrogens with one attached hydrogen (secondary N) is 1. The minimum absolute atomic E-state index is 0.0591. The lowest BCUT2D eigenvalue weighted by Crippen LogP contribution is -2.55. The van der Waals surface area contributed by atoms with Crippen molar-refractivity contribution in [1.29, 1.82) is 0 Å². The summed E-state index contributed by atoms with van der Waals surface area (Å²) in [4.78, 5) is 39.4. The van der Waals surface area contributed by atoms with E-state index < -0.39 is 40.1 Å². The van der Waals surface area contributed by atoms with E-state index in [2.05, 4.69) is 26.1 Å². The van der Waals surface area contributed by atoms with Crippen molar-refractivity contribution in [2.75, 3.05) is 11.9 Å². The summed E-state index contributed by atoms with van der Waals surface area (Å²) in [7, 11) is -4.30. The number of sulfonamides is 1. The highest BCUT2D eigenvalue weighted by Gasteiger charge is 2.48. The van der Waals surface area contributed by atoms with E-state index in [-0.39, 0.29) is 21.4 Å². The molecule has 1 amide bonds. The van der Waals surface area contributed by atoms with Crippen LogP contribution >= 0.6 is 0 Å². The van der Waals surface area contributed by atoms with Crippen molar-refractivity contribution in [3.8, 4) is 0 Å². The summed E-state index contributed by atoms with van der Waals surface area (Å²) in [6.45, 7) is 5.52. The van der Waals surface area contributed by atoms with E-state index >= 15 is 0 Å². The van der Waals surface area contributed by atoms with Crippen LogP contribution in [0.2, 0.25) is 0 Å². The number of hydrogen-bond donors (Lipinski definition) is 1. The highest BCUT2D eigenvalue weighted by atomic mass is 32.2. The number of hydrogen-bond acceptors (Lipinski definition) is 5. The van der Waals surface area contributed by atoms with E-state index in [0.717, 1.165) is 5.56 Å². The van der Waals surface area contributed by atoms with Gasteiger partial charge in [0.05, 0.1) is 11.4 Å². The number of benzene rings is 3. The van der Waals surface area contributed by atoms with Crippen molar-refractivity contribution in [1.82, 2.24) is 4.31 Å². The Hall–Kier alpha value is -3.62. The molecule has 0 radical (unpaired) electrons. The topological polar surface area (TPSA) is 101 Å². The van der Waals surface area contributed by atoms with Crippen molar-refractivity contribution in [2.45, 2.75) is 37.1 Å². The van der Waals surface area contributed by atoms with Gasteiger partial charge < -0.3 is 5.32 Å². The number of nitrogens with zero attached hydrogens (tertiary/aromatic N) is 1. The molecule has 1 heterocycles. The molecule has 35 heavy (non-hydrogen) atoms. The molecule has 0 bridgehead atoms. The van der Waals surface area contributed by atoms with Gasteiger partial charge in [0.1, 0.15) is 0 Å². The lowest BCUT2D eigenvalue weighted by atomic mass is 9.87. The van der Waals surface area contributed by atoms with Gasteiger partial charge in [-0.05, 0) is 35.2 Å². The predicted octanol–water partition coefficient (Wildman–Crippen LogP) is 4.06. The number of carbonyl (C=O) groups is 3. The Labute approximate surface area is 204 Å². The van der Waals surface area contributed by atoms with Gasteiger partial charge in [0.25, 0.3) is 0 Å². The molecule has 1 aliphatic rings. The molecular weight excluding hydrogens is 464 g/mol.